The molecule has 1 atom stereocenters. The van der Waals surface area contributed by atoms with Crippen LogP contribution in [-0.4, -0.2) is 16.6 Å². The van der Waals surface area contributed by atoms with Crippen LogP contribution in [0.5, 0.6) is 5.75 Å². The minimum Gasteiger partial charge on any atom is -0.426 e. The van der Waals surface area contributed by atoms with E-state index in [4.69, 9.17) is 4.74 Å². The molecule has 0 aliphatic carbocycles. The molecule has 0 fully saturated rings. The number of hydrogen-bond donors (Lipinski definition) is 0. The second-order valence-corrected chi connectivity index (χ2v) is 7.87. The number of rotatable bonds is 7. The third-order valence-electron chi connectivity index (χ3n) is 3.87. The van der Waals surface area contributed by atoms with E-state index in [1.54, 1.807) is 42.5 Å². The molecule has 0 radical (unpaired) electrons. The van der Waals surface area contributed by atoms with Gasteiger partial charge in [-0.3, -0.25) is 9.59 Å². The molecule has 0 heterocycles. The van der Waals surface area contributed by atoms with E-state index >= 15 is 0 Å². The first-order valence-corrected chi connectivity index (χ1v) is 9.60. The van der Waals surface area contributed by atoms with Gasteiger partial charge >= 0.3 is 11.5 Å². The van der Waals surface area contributed by atoms with E-state index in [0.717, 1.165) is 12.0 Å². The maximum absolute atomic E-state index is 12.6. The van der Waals surface area contributed by atoms with E-state index in [9.17, 15) is 22.8 Å². The second kappa shape index (κ2) is 9.78. The number of halogens is 3. The molecule has 0 aliphatic rings. The molecule has 2 aromatic rings. The lowest BCUT2D eigenvalue weighted by Crippen LogP contribution is -2.22. The molecule has 0 spiro atoms. The lowest BCUT2D eigenvalue weighted by Gasteiger charge is -2.17. The number of esters is 1. The molecule has 0 aliphatic heterocycles. The van der Waals surface area contributed by atoms with Gasteiger partial charge < -0.3 is 4.74 Å². The molecule has 0 aromatic heterocycles. The van der Waals surface area contributed by atoms with Crippen molar-refractivity contribution < 1.29 is 27.5 Å². The summed E-state index contributed by atoms with van der Waals surface area (Å²) in [7, 11) is 0. The Morgan fingerprint density at radius 2 is 1.61 bits per heavy atom. The van der Waals surface area contributed by atoms with E-state index < -0.39 is 40.7 Å². The summed E-state index contributed by atoms with van der Waals surface area (Å²) in [4.78, 5) is 24.5. The molecular weight excluding hydrogens is 389 g/mol. The Morgan fingerprint density at radius 1 is 1.00 bits per heavy atom. The Hall–Kier alpha value is -2.28. The molecule has 0 saturated heterocycles. The van der Waals surface area contributed by atoms with Crippen molar-refractivity contribution in [2.45, 2.75) is 38.1 Å². The van der Waals surface area contributed by atoms with Gasteiger partial charge in [0.2, 0.25) is 0 Å². The van der Waals surface area contributed by atoms with Crippen LogP contribution in [-0.2, 0) is 16.0 Å². The van der Waals surface area contributed by atoms with Crippen molar-refractivity contribution >= 4 is 22.8 Å². The summed E-state index contributed by atoms with van der Waals surface area (Å²) < 4.78 is 42.8. The third-order valence-corrected chi connectivity index (χ3v) is 4.50. The Labute approximate surface area is 166 Å². The van der Waals surface area contributed by atoms with Crippen molar-refractivity contribution in [1.82, 2.24) is 0 Å². The molecule has 0 N–H and O–H groups in total. The lowest BCUT2D eigenvalue weighted by atomic mass is 9.93. The van der Waals surface area contributed by atoms with Crippen LogP contribution in [0, 0.1) is 5.92 Å². The van der Waals surface area contributed by atoms with Gasteiger partial charge in [0.15, 0.2) is 5.12 Å². The minimum atomic E-state index is -4.69. The summed E-state index contributed by atoms with van der Waals surface area (Å²) in [6.07, 6.45) is 0.238. The average Bonchev–Trinajstić information content (AvgIpc) is 2.59. The van der Waals surface area contributed by atoms with Crippen molar-refractivity contribution in [1.29, 1.82) is 0 Å². The highest BCUT2D eigenvalue weighted by molar-refractivity contribution is 8.14. The number of hydrogen-bond acceptors (Lipinski definition) is 4. The predicted octanol–water partition coefficient (Wildman–Crippen LogP) is 5.74. The molecule has 7 heteroatoms. The Kier molecular flexibility index (Phi) is 7.69. The van der Waals surface area contributed by atoms with Crippen molar-refractivity contribution in [3.63, 3.8) is 0 Å². The SMILES string of the molecule is CC(C)Cc1ccc(C(CC(=O)SC(F)(F)F)C(=O)Oc2ccccc2)cc1. The van der Waals surface area contributed by atoms with Crippen LogP contribution in [0.3, 0.4) is 0 Å². The Balaban J connectivity index is 2.22. The summed E-state index contributed by atoms with van der Waals surface area (Å²) in [6, 6.07) is 15.2. The molecule has 3 nitrogen and oxygen atoms in total. The summed E-state index contributed by atoms with van der Waals surface area (Å²) in [6.45, 7) is 4.14. The van der Waals surface area contributed by atoms with Crippen molar-refractivity contribution in [3.05, 3.63) is 65.7 Å². The van der Waals surface area contributed by atoms with Crippen LogP contribution in [0.1, 0.15) is 37.3 Å². The fourth-order valence-electron chi connectivity index (χ4n) is 2.71. The van der Waals surface area contributed by atoms with E-state index in [1.165, 1.54) is 0 Å². The monoisotopic (exact) mass is 410 g/mol. The highest BCUT2D eigenvalue weighted by Gasteiger charge is 2.35. The Bertz CT molecular complexity index is 787. The number of ether oxygens (including phenoxy) is 1. The van der Waals surface area contributed by atoms with Crippen LogP contribution in [0.15, 0.2) is 54.6 Å². The van der Waals surface area contributed by atoms with Crippen LogP contribution in [0.4, 0.5) is 13.2 Å². The van der Waals surface area contributed by atoms with Gasteiger partial charge in [-0.05, 0) is 35.6 Å². The maximum Gasteiger partial charge on any atom is 0.449 e. The average molecular weight is 410 g/mol. The molecule has 2 aromatic carbocycles. The van der Waals surface area contributed by atoms with Gasteiger partial charge in [-0.1, -0.05) is 56.3 Å². The van der Waals surface area contributed by atoms with Crippen molar-refractivity contribution in [2.75, 3.05) is 0 Å². The van der Waals surface area contributed by atoms with E-state index in [1.807, 2.05) is 12.1 Å². The van der Waals surface area contributed by atoms with Crippen LogP contribution in [0.25, 0.3) is 0 Å². The molecule has 2 rings (SSSR count). The van der Waals surface area contributed by atoms with Gasteiger partial charge in [-0.2, -0.15) is 13.2 Å². The van der Waals surface area contributed by atoms with Crippen molar-refractivity contribution in [2.24, 2.45) is 5.92 Å². The first-order valence-electron chi connectivity index (χ1n) is 8.78. The summed E-state index contributed by atoms with van der Waals surface area (Å²) >= 11 is -0.732. The molecule has 28 heavy (non-hydrogen) atoms. The van der Waals surface area contributed by atoms with Gasteiger partial charge in [0.1, 0.15) is 5.75 Å². The standard InChI is InChI=1S/C21H21F3O3S/c1-14(2)12-15-8-10-16(11-9-15)18(13-19(25)28-21(22,23)24)20(26)27-17-6-4-3-5-7-17/h3-11,14,18H,12-13H2,1-2H3. The predicted molar refractivity (Wildman–Crippen MR) is 103 cm³/mol. The number of benzene rings is 2. The molecule has 1 unspecified atom stereocenters. The second-order valence-electron chi connectivity index (χ2n) is 6.75. The van der Waals surface area contributed by atoms with Crippen LogP contribution < -0.4 is 4.74 Å². The van der Waals surface area contributed by atoms with Crippen molar-refractivity contribution in [3.8, 4) is 5.75 Å². The minimum absolute atomic E-state index is 0.268. The maximum atomic E-state index is 12.6. The molecule has 150 valence electrons. The van der Waals surface area contributed by atoms with Gasteiger partial charge in [-0.15, -0.1) is 0 Å². The normalized spacial score (nSPS) is 12.6. The van der Waals surface area contributed by atoms with E-state index in [0.29, 0.717) is 11.5 Å². The molecule has 0 bridgehead atoms. The number of alkyl halides is 3. The summed E-state index contributed by atoms with van der Waals surface area (Å²) in [5.41, 5.74) is -3.19. The zero-order valence-corrected chi connectivity index (χ0v) is 16.3. The number of carbonyl (C=O) groups excluding carboxylic acids is 2. The number of carbonyl (C=O) groups is 2. The highest BCUT2D eigenvalue weighted by Crippen LogP contribution is 2.34. The van der Waals surface area contributed by atoms with E-state index in [2.05, 4.69) is 13.8 Å². The molecular formula is C21H21F3O3S. The fraction of sp³-hybridized carbons (Fsp3) is 0.333. The van der Waals surface area contributed by atoms with Gasteiger partial charge in [0.25, 0.3) is 0 Å². The van der Waals surface area contributed by atoms with Crippen LogP contribution >= 0.6 is 11.8 Å². The zero-order valence-electron chi connectivity index (χ0n) is 15.5. The number of para-hydroxylation sites is 1. The van der Waals surface area contributed by atoms with Gasteiger partial charge in [0, 0.05) is 18.2 Å². The zero-order chi connectivity index (χ0) is 20.7. The first-order chi connectivity index (χ1) is 13.1. The number of thioether (sulfide) groups is 1. The quantitative estimate of drug-likeness (QED) is 0.431. The van der Waals surface area contributed by atoms with E-state index in [-0.39, 0.29) is 5.75 Å². The van der Waals surface area contributed by atoms with Crippen LogP contribution in [0.2, 0.25) is 0 Å². The topological polar surface area (TPSA) is 43.4 Å². The largest absolute Gasteiger partial charge is 0.449 e. The fourth-order valence-corrected chi connectivity index (χ4v) is 3.22. The smallest absolute Gasteiger partial charge is 0.426 e. The molecule has 0 amide bonds. The molecule has 0 saturated carbocycles. The summed E-state index contributed by atoms with van der Waals surface area (Å²) in [5.74, 6) is -1.17. The van der Waals surface area contributed by atoms with Gasteiger partial charge in [0.05, 0.1) is 5.92 Å². The van der Waals surface area contributed by atoms with Gasteiger partial charge in [-0.25, -0.2) is 0 Å². The lowest BCUT2D eigenvalue weighted by molar-refractivity contribution is -0.137. The Morgan fingerprint density at radius 3 is 2.14 bits per heavy atom. The summed E-state index contributed by atoms with van der Waals surface area (Å²) in [5, 5.41) is -1.13. The highest BCUT2D eigenvalue weighted by atomic mass is 32.2. The first kappa shape index (κ1) is 22.0. The third kappa shape index (κ3) is 7.38.